The van der Waals surface area contributed by atoms with E-state index in [1.54, 1.807) is 0 Å². The summed E-state index contributed by atoms with van der Waals surface area (Å²) in [6.45, 7) is 3.79. The Morgan fingerprint density at radius 3 is 2.53 bits per heavy atom. The van der Waals surface area contributed by atoms with Crippen molar-refractivity contribution in [1.29, 1.82) is 0 Å². The van der Waals surface area contributed by atoms with Gasteiger partial charge < -0.3 is 4.90 Å². The predicted octanol–water partition coefficient (Wildman–Crippen LogP) is -0.913. The summed E-state index contributed by atoms with van der Waals surface area (Å²) < 4.78 is 26.4. The second kappa shape index (κ2) is 5.37. The molecule has 0 radical (unpaired) electrons. The maximum Gasteiger partial charge on any atom is 0.246 e. The summed E-state index contributed by atoms with van der Waals surface area (Å²) in [7, 11) is -1.57. The van der Waals surface area contributed by atoms with E-state index in [1.807, 2.05) is 14.0 Å². The van der Waals surface area contributed by atoms with Crippen molar-refractivity contribution in [2.75, 3.05) is 32.1 Å². The first-order valence-corrected chi connectivity index (χ1v) is 7.38. The van der Waals surface area contributed by atoms with Crippen molar-refractivity contribution in [3.63, 3.8) is 0 Å². The minimum Gasteiger partial charge on any atom is -0.303 e. The zero-order chi connectivity index (χ0) is 14.0. The van der Waals surface area contributed by atoms with Crippen LogP contribution in [0.4, 0.5) is 5.95 Å². The van der Waals surface area contributed by atoms with E-state index in [1.165, 1.54) is 16.7 Å². The van der Waals surface area contributed by atoms with E-state index in [0.717, 1.165) is 0 Å². The van der Waals surface area contributed by atoms with Crippen LogP contribution in [0.2, 0.25) is 0 Å². The molecule has 8 nitrogen and oxygen atoms in total. The SMILES string of the molecule is CC1CN(C)CCN1S(=O)(=O)c1cnc(NN)nc1. The number of likely N-dealkylation sites (N-methyl/N-ethyl adjacent to an activating group) is 1. The summed E-state index contributed by atoms with van der Waals surface area (Å²) >= 11 is 0. The van der Waals surface area contributed by atoms with Gasteiger partial charge in [0.15, 0.2) is 0 Å². The molecule has 0 aliphatic carbocycles. The van der Waals surface area contributed by atoms with E-state index in [4.69, 9.17) is 5.84 Å². The number of nitrogens with two attached hydrogens (primary N) is 1. The molecule has 2 heterocycles. The molecule has 3 N–H and O–H groups in total. The molecule has 19 heavy (non-hydrogen) atoms. The van der Waals surface area contributed by atoms with E-state index in [0.29, 0.717) is 19.6 Å². The van der Waals surface area contributed by atoms with Crippen LogP contribution >= 0.6 is 0 Å². The number of anilines is 1. The third-order valence-corrected chi connectivity index (χ3v) is 5.10. The highest BCUT2D eigenvalue weighted by Crippen LogP contribution is 2.20. The Bertz CT molecular complexity index is 531. The van der Waals surface area contributed by atoms with Gasteiger partial charge >= 0.3 is 0 Å². The highest BCUT2D eigenvalue weighted by molar-refractivity contribution is 7.89. The van der Waals surface area contributed by atoms with Gasteiger partial charge in [-0.15, -0.1) is 0 Å². The third kappa shape index (κ3) is 2.84. The molecule has 2 rings (SSSR count). The van der Waals surface area contributed by atoms with Crippen molar-refractivity contribution in [1.82, 2.24) is 19.2 Å². The molecule has 1 aromatic rings. The quantitative estimate of drug-likeness (QED) is 0.547. The fraction of sp³-hybridized carbons (Fsp3) is 0.600. The lowest BCUT2D eigenvalue weighted by Gasteiger charge is -2.36. The normalized spacial score (nSPS) is 22.4. The fourth-order valence-corrected chi connectivity index (χ4v) is 3.64. The Morgan fingerprint density at radius 2 is 2.00 bits per heavy atom. The van der Waals surface area contributed by atoms with Crippen LogP contribution in [0.25, 0.3) is 0 Å². The van der Waals surface area contributed by atoms with Crippen LogP contribution in [0.5, 0.6) is 0 Å². The predicted molar refractivity (Wildman–Crippen MR) is 70.7 cm³/mol. The molecule has 1 aromatic heterocycles. The number of aromatic nitrogens is 2. The van der Waals surface area contributed by atoms with E-state index in [9.17, 15) is 8.42 Å². The minimum atomic E-state index is -3.55. The van der Waals surface area contributed by atoms with E-state index < -0.39 is 10.0 Å². The highest BCUT2D eigenvalue weighted by atomic mass is 32.2. The number of hydrogen-bond acceptors (Lipinski definition) is 7. The first-order valence-electron chi connectivity index (χ1n) is 5.94. The molecule has 1 atom stereocenters. The van der Waals surface area contributed by atoms with E-state index in [-0.39, 0.29) is 16.9 Å². The number of sulfonamides is 1. The van der Waals surface area contributed by atoms with Crippen LogP contribution < -0.4 is 11.3 Å². The Hall–Kier alpha value is -1.29. The summed E-state index contributed by atoms with van der Waals surface area (Å²) in [5.41, 5.74) is 2.26. The van der Waals surface area contributed by atoms with Gasteiger partial charge in [0.2, 0.25) is 16.0 Å². The zero-order valence-corrected chi connectivity index (χ0v) is 11.8. The zero-order valence-electron chi connectivity index (χ0n) is 10.9. The van der Waals surface area contributed by atoms with Gasteiger partial charge in [-0.25, -0.2) is 24.2 Å². The summed E-state index contributed by atoms with van der Waals surface area (Å²) in [5.74, 6) is 5.33. The maximum atomic E-state index is 12.5. The van der Waals surface area contributed by atoms with Crippen molar-refractivity contribution in [3.05, 3.63) is 12.4 Å². The van der Waals surface area contributed by atoms with Crippen molar-refractivity contribution >= 4 is 16.0 Å². The van der Waals surface area contributed by atoms with Crippen LogP contribution in [-0.4, -0.2) is 60.3 Å². The third-order valence-electron chi connectivity index (χ3n) is 3.13. The molecular formula is C10H18N6O2S. The second-order valence-corrected chi connectivity index (χ2v) is 6.50. The number of hydrazine groups is 1. The molecule has 0 saturated carbocycles. The van der Waals surface area contributed by atoms with Gasteiger partial charge in [0.25, 0.3) is 0 Å². The van der Waals surface area contributed by atoms with Crippen molar-refractivity contribution in [3.8, 4) is 0 Å². The number of nitrogens with zero attached hydrogens (tertiary/aromatic N) is 4. The van der Waals surface area contributed by atoms with Gasteiger partial charge in [-0.05, 0) is 14.0 Å². The molecule has 0 aromatic carbocycles. The smallest absolute Gasteiger partial charge is 0.246 e. The second-order valence-electron chi connectivity index (χ2n) is 4.61. The summed E-state index contributed by atoms with van der Waals surface area (Å²) in [6, 6.07) is -0.0731. The Balaban J connectivity index is 2.26. The molecule has 1 fully saturated rings. The van der Waals surface area contributed by atoms with Gasteiger partial charge in [0, 0.05) is 25.7 Å². The molecular weight excluding hydrogens is 268 g/mol. The summed E-state index contributed by atoms with van der Waals surface area (Å²) in [4.78, 5) is 9.86. The average molecular weight is 286 g/mol. The Kier molecular flexibility index (Phi) is 3.99. The van der Waals surface area contributed by atoms with Crippen LogP contribution in [0.15, 0.2) is 17.3 Å². The molecule has 9 heteroatoms. The highest BCUT2D eigenvalue weighted by Gasteiger charge is 2.33. The van der Waals surface area contributed by atoms with Crippen molar-refractivity contribution < 1.29 is 8.42 Å². The topological polar surface area (TPSA) is 104 Å². The summed E-state index contributed by atoms with van der Waals surface area (Å²) in [6.07, 6.45) is 2.53. The Morgan fingerprint density at radius 1 is 1.37 bits per heavy atom. The molecule has 0 spiro atoms. The number of piperazine rings is 1. The lowest BCUT2D eigenvalue weighted by atomic mass is 10.2. The lowest BCUT2D eigenvalue weighted by Crippen LogP contribution is -2.52. The van der Waals surface area contributed by atoms with Gasteiger partial charge in [-0.1, -0.05) is 0 Å². The van der Waals surface area contributed by atoms with E-state index >= 15 is 0 Å². The van der Waals surface area contributed by atoms with Crippen LogP contribution in [0.3, 0.4) is 0 Å². The monoisotopic (exact) mass is 286 g/mol. The molecule has 1 aliphatic rings. The molecule has 0 bridgehead atoms. The lowest BCUT2D eigenvalue weighted by molar-refractivity contribution is 0.170. The summed E-state index contributed by atoms with van der Waals surface area (Å²) in [5, 5.41) is 0. The first kappa shape index (κ1) is 14.1. The van der Waals surface area contributed by atoms with Gasteiger partial charge in [-0.2, -0.15) is 4.31 Å². The number of hydrogen-bond donors (Lipinski definition) is 2. The van der Waals surface area contributed by atoms with Crippen molar-refractivity contribution in [2.24, 2.45) is 5.84 Å². The fourth-order valence-electron chi connectivity index (χ4n) is 2.14. The molecule has 1 unspecified atom stereocenters. The molecule has 0 amide bonds. The molecule has 1 saturated heterocycles. The van der Waals surface area contributed by atoms with Gasteiger partial charge in [-0.3, -0.25) is 5.43 Å². The number of nitrogen functional groups attached to an aromatic ring is 1. The minimum absolute atomic E-state index is 0.0731. The van der Waals surface area contributed by atoms with Crippen LogP contribution in [0.1, 0.15) is 6.92 Å². The Labute approximate surface area is 112 Å². The average Bonchev–Trinajstić information content (AvgIpc) is 2.38. The van der Waals surface area contributed by atoms with Gasteiger partial charge in [0.05, 0.1) is 12.4 Å². The standard InChI is InChI=1S/C10H18N6O2S/c1-8-7-15(2)3-4-16(8)19(17,18)9-5-12-10(14-11)13-6-9/h5-6,8H,3-4,7,11H2,1-2H3,(H,12,13,14). The molecule has 1 aliphatic heterocycles. The van der Waals surface area contributed by atoms with Crippen LogP contribution in [0, 0.1) is 0 Å². The largest absolute Gasteiger partial charge is 0.303 e. The first-order chi connectivity index (χ1) is 8.95. The van der Waals surface area contributed by atoms with Gasteiger partial charge in [0.1, 0.15) is 4.90 Å². The number of rotatable bonds is 3. The van der Waals surface area contributed by atoms with Crippen LogP contribution in [-0.2, 0) is 10.0 Å². The number of nitrogens with one attached hydrogen (secondary N) is 1. The van der Waals surface area contributed by atoms with Crippen molar-refractivity contribution in [2.45, 2.75) is 17.9 Å². The maximum absolute atomic E-state index is 12.5. The van der Waals surface area contributed by atoms with E-state index in [2.05, 4.69) is 20.3 Å². The molecule has 106 valence electrons.